The summed E-state index contributed by atoms with van der Waals surface area (Å²) in [4.78, 5) is 60.2. The summed E-state index contributed by atoms with van der Waals surface area (Å²) in [6, 6.07) is -3.65. The molecule has 0 bridgehead atoms. The molecule has 0 aliphatic carbocycles. The number of carbonyl (C=O) groups is 5. The summed E-state index contributed by atoms with van der Waals surface area (Å²) in [5, 5.41) is 46.2. The first-order chi connectivity index (χ1) is 21.9. The highest BCUT2D eigenvalue weighted by atomic mass is 16.7. The van der Waals surface area contributed by atoms with Crippen LogP contribution in [0.2, 0.25) is 0 Å². The number of rotatable bonds is 24. The predicted molar refractivity (Wildman–Crippen MR) is 164 cm³/mol. The number of carbonyl (C=O) groups excluding carboxylic acids is 4. The Labute approximate surface area is 270 Å². The summed E-state index contributed by atoms with van der Waals surface area (Å²) in [5.41, 5.74) is 5.24. The van der Waals surface area contributed by atoms with E-state index in [-0.39, 0.29) is 13.0 Å². The van der Waals surface area contributed by atoms with E-state index in [4.69, 9.17) is 25.1 Å². The quantitative estimate of drug-likeness (QED) is 0.0591. The van der Waals surface area contributed by atoms with Crippen molar-refractivity contribution < 1.29 is 58.6 Å². The van der Waals surface area contributed by atoms with E-state index in [1.807, 2.05) is 0 Å². The van der Waals surface area contributed by atoms with E-state index in [1.165, 1.54) is 46.0 Å². The van der Waals surface area contributed by atoms with Crippen LogP contribution in [0.3, 0.4) is 0 Å². The third-order valence-electron chi connectivity index (χ3n) is 7.64. The van der Waals surface area contributed by atoms with Gasteiger partial charge in [0.25, 0.3) is 0 Å². The monoisotopic (exact) mass is 662 g/mol. The number of amides is 4. The normalized spacial score (nSPS) is 23.1. The van der Waals surface area contributed by atoms with Crippen molar-refractivity contribution in [2.24, 2.45) is 5.73 Å². The molecule has 9 N–H and O–H groups in total. The van der Waals surface area contributed by atoms with Gasteiger partial charge in [-0.3, -0.25) is 24.0 Å². The molecule has 0 aromatic rings. The number of unbranched alkanes of at least 4 members (excludes halogenated alkanes) is 8. The van der Waals surface area contributed by atoms with Gasteiger partial charge < -0.3 is 56.3 Å². The van der Waals surface area contributed by atoms with Crippen LogP contribution in [0.5, 0.6) is 0 Å². The Kier molecular flexibility index (Phi) is 20.2. The SMILES string of the molecule is CCCCCCCCCCCO[C@@H]1O[C@H](CO)[C@@H](O)[C@H](O[C@H](C)C(=O)N[C@@H](C)C(=O)N[C@H](CCC(=O)O)C(N)=O)[C@H]1NC(=O)CO. The molecule has 1 aliphatic heterocycles. The van der Waals surface area contributed by atoms with Crippen LogP contribution in [-0.4, -0.2) is 119 Å². The van der Waals surface area contributed by atoms with Gasteiger partial charge in [0.1, 0.15) is 49.1 Å². The van der Waals surface area contributed by atoms with Crippen LogP contribution in [0.15, 0.2) is 0 Å². The second kappa shape index (κ2) is 22.6. The van der Waals surface area contributed by atoms with Crippen LogP contribution in [0.1, 0.15) is 91.4 Å². The second-order valence-corrected chi connectivity index (χ2v) is 11.5. The first-order valence-corrected chi connectivity index (χ1v) is 16.1. The van der Waals surface area contributed by atoms with Gasteiger partial charge in [0.05, 0.1) is 6.61 Å². The van der Waals surface area contributed by atoms with Crippen molar-refractivity contribution in [3.63, 3.8) is 0 Å². The largest absolute Gasteiger partial charge is 0.481 e. The highest BCUT2D eigenvalue weighted by Gasteiger charge is 2.48. The van der Waals surface area contributed by atoms with Gasteiger partial charge in [0.2, 0.25) is 23.6 Å². The smallest absolute Gasteiger partial charge is 0.303 e. The number of aliphatic hydroxyl groups excluding tert-OH is 3. The molecule has 0 saturated carbocycles. The van der Waals surface area contributed by atoms with Crippen molar-refractivity contribution in [1.82, 2.24) is 16.0 Å². The maximum Gasteiger partial charge on any atom is 0.303 e. The van der Waals surface area contributed by atoms with E-state index in [0.717, 1.165) is 19.3 Å². The molecule has 1 heterocycles. The van der Waals surface area contributed by atoms with E-state index < -0.39 is 98.1 Å². The minimum atomic E-state index is -1.52. The van der Waals surface area contributed by atoms with Gasteiger partial charge in [-0.05, 0) is 26.7 Å². The Morgan fingerprint density at radius 3 is 2.07 bits per heavy atom. The van der Waals surface area contributed by atoms with Crippen LogP contribution in [-0.2, 0) is 38.2 Å². The van der Waals surface area contributed by atoms with Gasteiger partial charge in [-0.1, -0.05) is 58.3 Å². The van der Waals surface area contributed by atoms with Crippen molar-refractivity contribution >= 4 is 29.6 Å². The number of primary amides is 1. The average molecular weight is 663 g/mol. The van der Waals surface area contributed by atoms with Crippen molar-refractivity contribution in [3.8, 4) is 0 Å². The number of carboxylic acid groups (broad SMARTS) is 1. The van der Waals surface area contributed by atoms with E-state index in [0.29, 0.717) is 6.42 Å². The zero-order valence-electron chi connectivity index (χ0n) is 27.2. The van der Waals surface area contributed by atoms with Crippen LogP contribution in [0, 0.1) is 0 Å². The Hall–Kier alpha value is -2.89. The van der Waals surface area contributed by atoms with Gasteiger partial charge in [-0.2, -0.15) is 0 Å². The van der Waals surface area contributed by atoms with E-state index in [1.54, 1.807) is 0 Å². The molecule has 16 nitrogen and oxygen atoms in total. The summed E-state index contributed by atoms with van der Waals surface area (Å²) < 4.78 is 17.5. The molecule has 1 aliphatic rings. The lowest BCUT2D eigenvalue weighted by Crippen LogP contribution is -2.66. The van der Waals surface area contributed by atoms with E-state index >= 15 is 0 Å². The van der Waals surface area contributed by atoms with Gasteiger partial charge >= 0.3 is 5.97 Å². The summed E-state index contributed by atoms with van der Waals surface area (Å²) in [5.74, 6) is -4.55. The number of nitrogens with one attached hydrogen (secondary N) is 3. The molecule has 0 aromatic heterocycles. The highest BCUT2D eigenvalue weighted by molar-refractivity contribution is 5.92. The van der Waals surface area contributed by atoms with Crippen molar-refractivity contribution in [1.29, 1.82) is 0 Å². The maximum absolute atomic E-state index is 13.0. The lowest BCUT2D eigenvalue weighted by atomic mass is 9.96. The number of carboxylic acids is 1. The molecular formula is C30H54N4O12. The molecule has 1 rings (SSSR count). The van der Waals surface area contributed by atoms with E-state index in [2.05, 4.69) is 22.9 Å². The molecule has 16 heteroatoms. The van der Waals surface area contributed by atoms with Crippen LogP contribution < -0.4 is 21.7 Å². The molecule has 4 amide bonds. The number of nitrogens with two attached hydrogens (primary N) is 1. The Bertz CT molecular complexity index is 955. The minimum Gasteiger partial charge on any atom is -0.481 e. The molecule has 1 saturated heterocycles. The van der Waals surface area contributed by atoms with E-state index in [9.17, 15) is 39.3 Å². The Morgan fingerprint density at radius 1 is 0.913 bits per heavy atom. The Morgan fingerprint density at radius 2 is 1.52 bits per heavy atom. The Balaban J connectivity index is 2.85. The second-order valence-electron chi connectivity index (χ2n) is 11.5. The first-order valence-electron chi connectivity index (χ1n) is 16.1. The fraction of sp³-hybridized carbons (Fsp3) is 0.833. The third-order valence-corrected chi connectivity index (χ3v) is 7.64. The molecule has 0 spiro atoms. The highest BCUT2D eigenvalue weighted by Crippen LogP contribution is 2.26. The predicted octanol–water partition coefficient (Wildman–Crippen LogP) is -0.798. The minimum absolute atomic E-state index is 0.242. The summed E-state index contributed by atoms with van der Waals surface area (Å²) >= 11 is 0. The van der Waals surface area contributed by atoms with Crippen LogP contribution >= 0.6 is 0 Å². The van der Waals surface area contributed by atoms with Crippen LogP contribution in [0.25, 0.3) is 0 Å². The van der Waals surface area contributed by atoms with Crippen molar-refractivity contribution in [2.45, 2.75) is 140 Å². The molecule has 8 atom stereocenters. The third kappa shape index (κ3) is 15.1. The molecule has 46 heavy (non-hydrogen) atoms. The van der Waals surface area contributed by atoms with Gasteiger partial charge in [-0.25, -0.2) is 0 Å². The molecule has 1 fully saturated rings. The van der Waals surface area contributed by atoms with Crippen molar-refractivity contribution in [2.75, 3.05) is 19.8 Å². The molecular weight excluding hydrogens is 608 g/mol. The molecule has 266 valence electrons. The zero-order valence-corrected chi connectivity index (χ0v) is 27.2. The molecule has 0 radical (unpaired) electrons. The fourth-order valence-electron chi connectivity index (χ4n) is 4.91. The lowest BCUT2D eigenvalue weighted by Gasteiger charge is -2.44. The summed E-state index contributed by atoms with van der Waals surface area (Å²) in [6.07, 6.45) is 2.60. The molecule has 0 unspecified atom stereocenters. The van der Waals surface area contributed by atoms with Crippen LogP contribution in [0.4, 0.5) is 0 Å². The first kappa shape index (κ1) is 41.1. The maximum atomic E-state index is 13.0. The zero-order chi connectivity index (χ0) is 34.6. The summed E-state index contributed by atoms with van der Waals surface area (Å²) in [7, 11) is 0. The standard InChI is InChI=1S/C30H54N4O12/c1-4-5-6-7-8-9-10-11-12-15-44-30-24(34-22(37)17-36)26(25(40)21(16-35)46-30)45-19(3)29(43)32-18(2)28(42)33-20(27(31)41)13-14-23(38)39/h18-21,24-26,30,35-36,40H,4-17H2,1-3H3,(H2,31,41)(H,32,43)(H,33,42)(H,34,37)(H,38,39)/t18-,19+,20+,21+,24+,25+,26+,30+/m0/s1. The van der Waals surface area contributed by atoms with Gasteiger partial charge in [0.15, 0.2) is 6.29 Å². The van der Waals surface area contributed by atoms with Crippen molar-refractivity contribution in [3.05, 3.63) is 0 Å². The lowest BCUT2D eigenvalue weighted by molar-refractivity contribution is -0.280. The summed E-state index contributed by atoms with van der Waals surface area (Å²) in [6.45, 7) is 3.57. The number of hydrogen-bond acceptors (Lipinski definition) is 11. The number of ether oxygens (including phenoxy) is 3. The number of aliphatic hydroxyl groups is 3. The molecule has 0 aromatic carbocycles. The van der Waals surface area contributed by atoms with Gasteiger partial charge in [-0.15, -0.1) is 0 Å². The fourth-order valence-corrected chi connectivity index (χ4v) is 4.91. The number of aliphatic carboxylic acids is 1. The topological polar surface area (TPSA) is 256 Å². The number of hydrogen-bond donors (Lipinski definition) is 8. The van der Waals surface area contributed by atoms with Gasteiger partial charge in [0, 0.05) is 13.0 Å². The average Bonchev–Trinajstić information content (AvgIpc) is 3.01.